The number of carbonyl (C=O) groups is 2. The number of Topliss-reactive ketones (excluding diaryl/α,β-unsaturated/α-hetero) is 1. The van der Waals surface area contributed by atoms with E-state index in [0.717, 1.165) is 48.2 Å². The van der Waals surface area contributed by atoms with Gasteiger partial charge in [-0.2, -0.15) is 0 Å². The number of nitrogens with zero attached hydrogens (tertiary/aromatic N) is 1. The fourth-order valence-corrected chi connectivity index (χ4v) is 4.19. The van der Waals surface area contributed by atoms with Crippen molar-refractivity contribution in [1.82, 2.24) is 4.57 Å². The van der Waals surface area contributed by atoms with Crippen LogP contribution in [0.3, 0.4) is 0 Å². The van der Waals surface area contributed by atoms with Gasteiger partial charge in [-0.25, -0.2) is 4.79 Å². The van der Waals surface area contributed by atoms with E-state index in [-0.39, 0.29) is 18.5 Å². The number of ketones is 1. The number of esters is 1. The predicted octanol–water partition coefficient (Wildman–Crippen LogP) is 4.49. The molecule has 1 aliphatic heterocycles. The van der Waals surface area contributed by atoms with Gasteiger partial charge in [-0.05, 0) is 55.7 Å². The molecule has 4 rings (SSSR count). The molecule has 0 N–H and O–H groups in total. The van der Waals surface area contributed by atoms with E-state index in [1.54, 1.807) is 12.1 Å². The molecule has 0 spiro atoms. The Balaban J connectivity index is 1.47. The first-order chi connectivity index (χ1) is 15.0. The molecule has 0 amide bonds. The van der Waals surface area contributed by atoms with E-state index in [9.17, 15) is 9.59 Å². The van der Waals surface area contributed by atoms with Crippen molar-refractivity contribution in [2.24, 2.45) is 0 Å². The summed E-state index contributed by atoms with van der Waals surface area (Å²) >= 11 is 0. The van der Waals surface area contributed by atoms with Crippen LogP contribution in [0.1, 0.15) is 44.9 Å². The van der Waals surface area contributed by atoms with Crippen LogP contribution in [0.5, 0.6) is 5.75 Å². The third-order valence-corrected chi connectivity index (χ3v) is 5.91. The molecule has 6 nitrogen and oxygen atoms in total. The standard InChI is InChI=1S/C25H27NO5/c1-16-11-21(17(2)26(16)14-20-9-6-10-30-20)23(27)15-31-25(28)22-12-18-7-4-5-8-19(18)13-24(22)29-3/h4-5,7-8,11-13,20H,6,9-10,14-15H2,1-3H3/t20-/m1/s1. The number of carbonyl (C=O) groups excluding carboxylic acids is 2. The maximum absolute atomic E-state index is 12.8. The van der Waals surface area contributed by atoms with Gasteiger partial charge in [0.25, 0.3) is 0 Å². The molecule has 3 aromatic rings. The van der Waals surface area contributed by atoms with E-state index in [2.05, 4.69) is 4.57 Å². The van der Waals surface area contributed by atoms with E-state index in [1.165, 1.54) is 7.11 Å². The molecule has 2 heterocycles. The Bertz CT molecular complexity index is 1120. The Labute approximate surface area is 181 Å². The minimum atomic E-state index is -0.580. The quantitative estimate of drug-likeness (QED) is 0.416. The summed E-state index contributed by atoms with van der Waals surface area (Å²) in [4.78, 5) is 25.5. The summed E-state index contributed by atoms with van der Waals surface area (Å²) in [6, 6.07) is 13.1. The van der Waals surface area contributed by atoms with Crippen LogP contribution in [0.4, 0.5) is 0 Å². The third kappa shape index (κ3) is 4.35. The van der Waals surface area contributed by atoms with Crippen LogP contribution in [0, 0.1) is 13.8 Å². The number of aromatic nitrogens is 1. The number of hydrogen-bond acceptors (Lipinski definition) is 5. The van der Waals surface area contributed by atoms with Gasteiger partial charge >= 0.3 is 5.97 Å². The van der Waals surface area contributed by atoms with E-state index in [4.69, 9.17) is 14.2 Å². The molecule has 162 valence electrons. The maximum atomic E-state index is 12.8. The highest BCUT2D eigenvalue weighted by molar-refractivity contribution is 6.02. The number of aryl methyl sites for hydroxylation is 1. The van der Waals surface area contributed by atoms with Crippen molar-refractivity contribution >= 4 is 22.5 Å². The Morgan fingerprint density at radius 1 is 1.10 bits per heavy atom. The summed E-state index contributed by atoms with van der Waals surface area (Å²) in [5.74, 6) is -0.380. The van der Waals surface area contributed by atoms with Crippen molar-refractivity contribution < 1.29 is 23.8 Å². The molecule has 6 heteroatoms. The highest BCUT2D eigenvalue weighted by Crippen LogP contribution is 2.27. The number of fused-ring (bicyclic) bond motifs is 1. The van der Waals surface area contributed by atoms with Gasteiger partial charge < -0.3 is 18.8 Å². The van der Waals surface area contributed by atoms with Crippen LogP contribution in [-0.4, -0.2) is 42.7 Å². The predicted molar refractivity (Wildman–Crippen MR) is 118 cm³/mol. The highest BCUT2D eigenvalue weighted by Gasteiger charge is 2.22. The van der Waals surface area contributed by atoms with E-state index in [1.807, 2.05) is 44.2 Å². The fraction of sp³-hybridized carbons (Fsp3) is 0.360. The summed E-state index contributed by atoms with van der Waals surface area (Å²) in [6.45, 7) is 5.11. The SMILES string of the molecule is COc1cc2ccccc2cc1C(=O)OCC(=O)c1cc(C)n(C[C@H]2CCCO2)c1C. The van der Waals surface area contributed by atoms with Crippen LogP contribution < -0.4 is 4.74 Å². The summed E-state index contributed by atoms with van der Waals surface area (Å²) in [6.07, 6.45) is 2.29. The lowest BCUT2D eigenvalue weighted by Crippen LogP contribution is -2.18. The van der Waals surface area contributed by atoms with Crippen LogP contribution in [-0.2, 0) is 16.0 Å². The van der Waals surface area contributed by atoms with Gasteiger partial charge in [-0.15, -0.1) is 0 Å². The summed E-state index contributed by atoms with van der Waals surface area (Å²) in [7, 11) is 1.51. The molecule has 31 heavy (non-hydrogen) atoms. The Morgan fingerprint density at radius 3 is 2.52 bits per heavy atom. The van der Waals surface area contributed by atoms with Crippen molar-refractivity contribution in [3.8, 4) is 5.75 Å². The lowest BCUT2D eigenvalue weighted by molar-refractivity contribution is 0.0471. The minimum absolute atomic E-state index is 0.186. The number of benzene rings is 2. The van der Waals surface area contributed by atoms with Crippen LogP contribution in [0.2, 0.25) is 0 Å². The first kappa shape index (κ1) is 21.1. The van der Waals surface area contributed by atoms with Gasteiger partial charge in [0.1, 0.15) is 11.3 Å². The van der Waals surface area contributed by atoms with Gasteiger partial charge in [-0.3, -0.25) is 4.79 Å². The van der Waals surface area contributed by atoms with Crippen LogP contribution in [0.25, 0.3) is 10.8 Å². The van der Waals surface area contributed by atoms with Gasteiger partial charge in [0.15, 0.2) is 6.61 Å². The van der Waals surface area contributed by atoms with Crippen LogP contribution in [0.15, 0.2) is 42.5 Å². The normalized spacial score (nSPS) is 15.9. The summed E-state index contributed by atoms with van der Waals surface area (Å²) in [5, 5.41) is 1.87. The topological polar surface area (TPSA) is 66.8 Å². The van der Waals surface area contributed by atoms with Crippen molar-refractivity contribution in [1.29, 1.82) is 0 Å². The van der Waals surface area contributed by atoms with E-state index < -0.39 is 5.97 Å². The second-order valence-corrected chi connectivity index (χ2v) is 7.93. The molecule has 1 atom stereocenters. The largest absolute Gasteiger partial charge is 0.496 e. The molecule has 1 fully saturated rings. The average molecular weight is 421 g/mol. The second-order valence-electron chi connectivity index (χ2n) is 7.93. The molecule has 2 aromatic carbocycles. The molecule has 1 aliphatic rings. The zero-order valence-corrected chi connectivity index (χ0v) is 18.1. The van der Waals surface area contributed by atoms with Crippen LogP contribution >= 0.6 is 0 Å². The number of methoxy groups -OCH3 is 1. The molecule has 1 aromatic heterocycles. The van der Waals surface area contributed by atoms with Crippen molar-refractivity contribution in [3.63, 3.8) is 0 Å². The zero-order valence-electron chi connectivity index (χ0n) is 18.1. The van der Waals surface area contributed by atoms with Gasteiger partial charge in [-0.1, -0.05) is 24.3 Å². The first-order valence-electron chi connectivity index (χ1n) is 10.5. The lowest BCUT2D eigenvalue weighted by Gasteiger charge is -2.15. The van der Waals surface area contributed by atoms with Crippen molar-refractivity contribution in [2.45, 2.75) is 39.3 Å². The number of hydrogen-bond donors (Lipinski definition) is 0. The second kappa shape index (κ2) is 8.94. The average Bonchev–Trinajstić information content (AvgIpc) is 3.40. The lowest BCUT2D eigenvalue weighted by atomic mass is 10.1. The Hall–Kier alpha value is -3.12. The first-order valence-corrected chi connectivity index (χ1v) is 10.5. The summed E-state index contributed by atoms with van der Waals surface area (Å²) in [5.41, 5.74) is 2.75. The Morgan fingerprint density at radius 2 is 1.84 bits per heavy atom. The van der Waals surface area contributed by atoms with Gasteiger partial charge in [0.2, 0.25) is 5.78 Å². The fourth-order valence-electron chi connectivity index (χ4n) is 4.19. The molecular formula is C25H27NO5. The smallest absolute Gasteiger partial charge is 0.342 e. The molecule has 0 bridgehead atoms. The number of ether oxygens (including phenoxy) is 3. The molecule has 0 aliphatic carbocycles. The van der Waals surface area contributed by atoms with E-state index >= 15 is 0 Å². The molecule has 0 unspecified atom stereocenters. The Kier molecular flexibility index (Phi) is 6.09. The molecule has 0 saturated carbocycles. The maximum Gasteiger partial charge on any atom is 0.342 e. The van der Waals surface area contributed by atoms with Gasteiger partial charge in [0, 0.05) is 30.1 Å². The number of rotatable bonds is 7. The molecule has 1 saturated heterocycles. The monoisotopic (exact) mass is 421 g/mol. The molecular weight excluding hydrogens is 394 g/mol. The van der Waals surface area contributed by atoms with Crippen molar-refractivity contribution in [3.05, 3.63) is 65.0 Å². The van der Waals surface area contributed by atoms with Gasteiger partial charge in [0.05, 0.1) is 13.2 Å². The summed E-state index contributed by atoms with van der Waals surface area (Å²) < 4.78 is 18.6. The third-order valence-electron chi connectivity index (χ3n) is 5.91. The molecule has 0 radical (unpaired) electrons. The minimum Gasteiger partial charge on any atom is -0.496 e. The highest BCUT2D eigenvalue weighted by atomic mass is 16.5. The van der Waals surface area contributed by atoms with Crippen molar-refractivity contribution in [2.75, 3.05) is 20.3 Å². The van der Waals surface area contributed by atoms with E-state index in [0.29, 0.717) is 16.9 Å². The zero-order chi connectivity index (χ0) is 22.0.